The lowest BCUT2D eigenvalue weighted by atomic mass is 10.0. The standard InChI is InChI=1S/C8H13NO2/c10-8(11)7-4-5-2-1-3-6(5)9-7/h5-7,9H,1-4H2,(H,10,11)/t5?,6-,7?/m0/s1. The Morgan fingerprint density at radius 2 is 2.27 bits per heavy atom. The summed E-state index contributed by atoms with van der Waals surface area (Å²) in [6.45, 7) is 0. The predicted octanol–water partition coefficient (Wildman–Crippen LogP) is 0.602. The molecule has 3 atom stereocenters. The fourth-order valence-corrected chi connectivity index (χ4v) is 2.34. The third kappa shape index (κ3) is 1.13. The SMILES string of the molecule is O=C(O)C1CC2CCC[C@@H]2N1. The van der Waals surface area contributed by atoms with E-state index in [1.165, 1.54) is 19.3 Å². The number of aliphatic carboxylic acids is 1. The summed E-state index contributed by atoms with van der Waals surface area (Å²) in [6.07, 6.45) is 4.52. The quantitative estimate of drug-likeness (QED) is 0.583. The van der Waals surface area contributed by atoms with Crippen molar-refractivity contribution in [2.45, 2.75) is 37.8 Å². The van der Waals surface area contributed by atoms with Gasteiger partial charge in [0.25, 0.3) is 0 Å². The molecule has 0 radical (unpaired) electrons. The van der Waals surface area contributed by atoms with Gasteiger partial charge in [0, 0.05) is 6.04 Å². The van der Waals surface area contributed by atoms with Crippen LogP contribution >= 0.6 is 0 Å². The maximum absolute atomic E-state index is 10.6. The Morgan fingerprint density at radius 1 is 1.45 bits per heavy atom. The molecular formula is C8H13NO2. The Morgan fingerprint density at radius 3 is 2.91 bits per heavy atom. The third-order valence-electron chi connectivity index (χ3n) is 2.91. The number of carboxylic acids is 1. The lowest BCUT2D eigenvalue weighted by molar-refractivity contribution is -0.139. The van der Waals surface area contributed by atoms with Crippen molar-refractivity contribution < 1.29 is 9.90 Å². The Balaban J connectivity index is 1.99. The van der Waals surface area contributed by atoms with Crippen LogP contribution in [0.15, 0.2) is 0 Å². The topological polar surface area (TPSA) is 49.3 Å². The summed E-state index contributed by atoms with van der Waals surface area (Å²) in [5.41, 5.74) is 0. The molecule has 1 saturated heterocycles. The van der Waals surface area contributed by atoms with E-state index >= 15 is 0 Å². The van der Waals surface area contributed by atoms with Gasteiger partial charge in [-0.15, -0.1) is 0 Å². The van der Waals surface area contributed by atoms with Crippen LogP contribution in [-0.2, 0) is 4.79 Å². The Hall–Kier alpha value is -0.570. The third-order valence-corrected chi connectivity index (χ3v) is 2.91. The number of rotatable bonds is 1. The van der Waals surface area contributed by atoms with Gasteiger partial charge < -0.3 is 10.4 Å². The molecule has 2 aliphatic rings. The normalized spacial score (nSPS) is 42.4. The summed E-state index contributed by atoms with van der Waals surface area (Å²) < 4.78 is 0. The maximum Gasteiger partial charge on any atom is 0.320 e. The van der Waals surface area contributed by atoms with Crippen LogP contribution < -0.4 is 5.32 Å². The highest BCUT2D eigenvalue weighted by Crippen LogP contribution is 2.34. The van der Waals surface area contributed by atoms with Crippen LogP contribution in [0.25, 0.3) is 0 Å². The van der Waals surface area contributed by atoms with Gasteiger partial charge in [0.05, 0.1) is 0 Å². The molecule has 0 bridgehead atoms. The predicted molar refractivity (Wildman–Crippen MR) is 40.3 cm³/mol. The van der Waals surface area contributed by atoms with Crippen LogP contribution in [0.3, 0.4) is 0 Å². The monoisotopic (exact) mass is 155 g/mol. The van der Waals surface area contributed by atoms with Crippen LogP contribution in [0.4, 0.5) is 0 Å². The van der Waals surface area contributed by atoms with Crippen molar-refractivity contribution >= 4 is 5.97 Å². The minimum Gasteiger partial charge on any atom is -0.480 e. The number of carbonyl (C=O) groups is 1. The fourth-order valence-electron chi connectivity index (χ4n) is 2.34. The van der Waals surface area contributed by atoms with E-state index in [4.69, 9.17) is 5.11 Å². The molecule has 0 aromatic heterocycles. The van der Waals surface area contributed by atoms with E-state index in [0.29, 0.717) is 12.0 Å². The van der Waals surface area contributed by atoms with Gasteiger partial charge in [-0.05, 0) is 25.2 Å². The smallest absolute Gasteiger partial charge is 0.320 e. The van der Waals surface area contributed by atoms with Crippen molar-refractivity contribution in [2.75, 3.05) is 0 Å². The summed E-state index contributed by atoms with van der Waals surface area (Å²) in [5, 5.41) is 11.9. The first-order valence-electron chi connectivity index (χ1n) is 4.26. The van der Waals surface area contributed by atoms with E-state index < -0.39 is 5.97 Å². The number of fused-ring (bicyclic) bond motifs is 1. The molecule has 2 N–H and O–H groups in total. The maximum atomic E-state index is 10.6. The average molecular weight is 155 g/mol. The zero-order valence-electron chi connectivity index (χ0n) is 6.42. The van der Waals surface area contributed by atoms with Gasteiger partial charge in [0.2, 0.25) is 0 Å². The van der Waals surface area contributed by atoms with Gasteiger partial charge in [0.1, 0.15) is 6.04 Å². The number of carboxylic acid groups (broad SMARTS) is 1. The van der Waals surface area contributed by atoms with Crippen molar-refractivity contribution in [3.8, 4) is 0 Å². The molecule has 62 valence electrons. The molecule has 1 aliphatic carbocycles. The lowest BCUT2D eigenvalue weighted by Crippen LogP contribution is -2.34. The van der Waals surface area contributed by atoms with Gasteiger partial charge in [-0.3, -0.25) is 4.79 Å². The number of hydrogen-bond donors (Lipinski definition) is 2. The summed E-state index contributed by atoms with van der Waals surface area (Å²) in [5.74, 6) is -0.0319. The first-order chi connectivity index (χ1) is 5.27. The van der Waals surface area contributed by atoms with Gasteiger partial charge in [-0.2, -0.15) is 0 Å². The first-order valence-corrected chi connectivity index (χ1v) is 4.26. The van der Waals surface area contributed by atoms with Crippen LogP contribution in [-0.4, -0.2) is 23.2 Å². The van der Waals surface area contributed by atoms with Crippen molar-refractivity contribution in [3.05, 3.63) is 0 Å². The zero-order valence-corrected chi connectivity index (χ0v) is 6.42. The molecule has 3 nitrogen and oxygen atoms in total. The lowest BCUT2D eigenvalue weighted by Gasteiger charge is -2.07. The second-order valence-corrected chi connectivity index (χ2v) is 3.59. The molecule has 3 heteroatoms. The number of hydrogen-bond acceptors (Lipinski definition) is 2. The minimum absolute atomic E-state index is 0.259. The van der Waals surface area contributed by atoms with E-state index in [0.717, 1.165) is 6.42 Å². The molecule has 1 aliphatic heterocycles. The van der Waals surface area contributed by atoms with E-state index in [9.17, 15) is 4.79 Å². The highest BCUT2D eigenvalue weighted by molar-refractivity contribution is 5.74. The van der Waals surface area contributed by atoms with Crippen LogP contribution in [0.2, 0.25) is 0 Å². The Bertz CT molecular complexity index is 169. The second-order valence-electron chi connectivity index (χ2n) is 3.59. The summed E-state index contributed by atoms with van der Waals surface area (Å²) in [6, 6.07) is 0.251. The van der Waals surface area contributed by atoms with Crippen LogP contribution in [0, 0.1) is 5.92 Å². The highest BCUT2D eigenvalue weighted by atomic mass is 16.4. The van der Waals surface area contributed by atoms with Crippen molar-refractivity contribution in [2.24, 2.45) is 5.92 Å². The summed E-state index contributed by atoms with van der Waals surface area (Å²) in [4.78, 5) is 10.6. The van der Waals surface area contributed by atoms with E-state index in [2.05, 4.69) is 5.32 Å². The summed E-state index contributed by atoms with van der Waals surface area (Å²) in [7, 11) is 0. The van der Waals surface area contributed by atoms with E-state index in [1.807, 2.05) is 0 Å². The first kappa shape index (κ1) is 7.10. The van der Waals surface area contributed by atoms with Crippen LogP contribution in [0.5, 0.6) is 0 Å². The van der Waals surface area contributed by atoms with Gasteiger partial charge >= 0.3 is 5.97 Å². The molecule has 1 saturated carbocycles. The van der Waals surface area contributed by atoms with E-state index in [1.54, 1.807) is 0 Å². The van der Waals surface area contributed by atoms with Crippen molar-refractivity contribution in [1.82, 2.24) is 5.32 Å². The molecule has 0 aromatic rings. The molecule has 1 heterocycles. The Kier molecular flexibility index (Phi) is 1.60. The molecule has 2 fully saturated rings. The average Bonchev–Trinajstić information content (AvgIpc) is 2.40. The van der Waals surface area contributed by atoms with Gasteiger partial charge in [-0.25, -0.2) is 0 Å². The van der Waals surface area contributed by atoms with Gasteiger partial charge in [-0.1, -0.05) is 6.42 Å². The largest absolute Gasteiger partial charge is 0.480 e. The highest BCUT2D eigenvalue weighted by Gasteiger charge is 2.39. The molecule has 0 aromatic carbocycles. The number of nitrogens with one attached hydrogen (secondary N) is 1. The molecule has 2 rings (SSSR count). The Labute approximate surface area is 65.8 Å². The molecule has 0 amide bonds. The van der Waals surface area contributed by atoms with Crippen molar-refractivity contribution in [3.63, 3.8) is 0 Å². The fraction of sp³-hybridized carbons (Fsp3) is 0.875. The molecule has 2 unspecified atom stereocenters. The second kappa shape index (κ2) is 2.48. The molecule has 0 spiro atoms. The van der Waals surface area contributed by atoms with Crippen molar-refractivity contribution in [1.29, 1.82) is 0 Å². The van der Waals surface area contributed by atoms with E-state index in [-0.39, 0.29) is 6.04 Å². The summed E-state index contributed by atoms with van der Waals surface area (Å²) >= 11 is 0. The van der Waals surface area contributed by atoms with Crippen LogP contribution in [0.1, 0.15) is 25.7 Å². The van der Waals surface area contributed by atoms with Gasteiger partial charge in [0.15, 0.2) is 0 Å². The minimum atomic E-state index is -0.681. The zero-order chi connectivity index (χ0) is 7.84. The molecule has 11 heavy (non-hydrogen) atoms. The molecular weight excluding hydrogens is 142 g/mol.